The maximum Gasteiger partial charge on any atom is 0.261 e. The standard InChI is InChI=1S/C20H20N2O4S2/c23-20(21-24)17-5-3-11-28(25,26)22(17)13-14-7-9-15(10-8-14)19-12-16-4-1-2-6-18(16)27-19/h1-2,4,6-10,12,17,24H,3,5,11,13H2,(H,21,23)/t17-/m1/s1. The molecule has 3 aromatic rings. The maximum absolute atomic E-state index is 12.5. The number of hydrogen-bond donors (Lipinski definition) is 2. The second-order valence-electron chi connectivity index (χ2n) is 6.84. The lowest BCUT2D eigenvalue weighted by Gasteiger charge is -2.33. The Kier molecular flexibility index (Phi) is 5.20. The van der Waals surface area contributed by atoms with Gasteiger partial charge in [0.25, 0.3) is 5.91 Å². The second kappa shape index (κ2) is 7.63. The maximum atomic E-state index is 12.5. The molecular weight excluding hydrogens is 396 g/mol. The van der Waals surface area contributed by atoms with Crippen molar-refractivity contribution < 1.29 is 18.4 Å². The molecule has 1 amide bonds. The number of rotatable bonds is 4. The molecule has 6 nitrogen and oxygen atoms in total. The van der Waals surface area contributed by atoms with Gasteiger partial charge in [-0.15, -0.1) is 11.3 Å². The van der Waals surface area contributed by atoms with Crippen LogP contribution < -0.4 is 5.48 Å². The normalized spacial score (nSPS) is 19.5. The van der Waals surface area contributed by atoms with Gasteiger partial charge in [0.1, 0.15) is 6.04 Å². The van der Waals surface area contributed by atoms with Crippen LogP contribution in [-0.2, 0) is 21.4 Å². The van der Waals surface area contributed by atoms with Crippen molar-refractivity contribution in [3.8, 4) is 10.4 Å². The van der Waals surface area contributed by atoms with Crippen LogP contribution in [0.25, 0.3) is 20.5 Å². The number of benzene rings is 2. The Labute approximate surface area is 167 Å². The zero-order chi connectivity index (χ0) is 19.7. The molecule has 1 saturated heterocycles. The molecular formula is C20H20N2O4S2. The van der Waals surface area contributed by atoms with Gasteiger partial charge in [-0.25, -0.2) is 13.9 Å². The van der Waals surface area contributed by atoms with E-state index < -0.39 is 22.0 Å². The molecule has 0 saturated carbocycles. The minimum absolute atomic E-state index is 0.0159. The summed E-state index contributed by atoms with van der Waals surface area (Å²) in [6.07, 6.45) is 0.799. The Morgan fingerprint density at radius 1 is 1.18 bits per heavy atom. The van der Waals surface area contributed by atoms with E-state index in [1.54, 1.807) is 16.8 Å². The number of carbonyl (C=O) groups is 1. The molecule has 0 aliphatic carbocycles. The minimum atomic E-state index is -3.54. The Bertz CT molecular complexity index is 1070. The van der Waals surface area contributed by atoms with E-state index in [4.69, 9.17) is 5.21 Å². The van der Waals surface area contributed by atoms with Crippen LogP contribution >= 0.6 is 11.3 Å². The Morgan fingerprint density at radius 2 is 1.93 bits per heavy atom. The Morgan fingerprint density at radius 3 is 2.64 bits per heavy atom. The van der Waals surface area contributed by atoms with Crippen LogP contribution in [0, 0.1) is 0 Å². The highest BCUT2D eigenvalue weighted by molar-refractivity contribution is 7.89. The van der Waals surface area contributed by atoms with Crippen LogP contribution in [0.1, 0.15) is 18.4 Å². The summed E-state index contributed by atoms with van der Waals surface area (Å²) < 4.78 is 27.4. The summed E-state index contributed by atoms with van der Waals surface area (Å²) in [5, 5.41) is 10.1. The third-order valence-electron chi connectivity index (χ3n) is 5.00. The van der Waals surface area contributed by atoms with Gasteiger partial charge in [-0.3, -0.25) is 10.0 Å². The van der Waals surface area contributed by atoms with Gasteiger partial charge >= 0.3 is 0 Å². The first-order valence-electron chi connectivity index (χ1n) is 8.99. The van der Waals surface area contributed by atoms with Crippen molar-refractivity contribution in [2.45, 2.75) is 25.4 Å². The predicted molar refractivity (Wildman–Crippen MR) is 110 cm³/mol. The summed E-state index contributed by atoms with van der Waals surface area (Å²) in [6, 6.07) is 17.2. The fourth-order valence-corrected chi connectivity index (χ4v) is 6.31. The number of fused-ring (bicyclic) bond motifs is 1. The van der Waals surface area contributed by atoms with E-state index in [2.05, 4.69) is 18.2 Å². The molecule has 1 aliphatic rings. The summed E-state index contributed by atoms with van der Waals surface area (Å²) in [7, 11) is -3.54. The van der Waals surface area contributed by atoms with Gasteiger partial charge in [0.05, 0.1) is 5.75 Å². The summed E-state index contributed by atoms with van der Waals surface area (Å²) in [5.41, 5.74) is 3.45. The molecule has 1 fully saturated rings. The van der Waals surface area contributed by atoms with Crippen molar-refractivity contribution in [2.24, 2.45) is 0 Å². The van der Waals surface area contributed by atoms with Gasteiger partial charge in [-0.1, -0.05) is 42.5 Å². The highest BCUT2D eigenvalue weighted by Gasteiger charge is 2.38. The number of amides is 1. The van der Waals surface area contributed by atoms with Gasteiger partial charge in [-0.2, -0.15) is 4.31 Å². The topological polar surface area (TPSA) is 86.7 Å². The van der Waals surface area contributed by atoms with Crippen molar-refractivity contribution in [3.63, 3.8) is 0 Å². The van der Waals surface area contributed by atoms with Crippen molar-refractivity contribution in [2.75, 3.05) is 5.75 Å². The number of carbonyl (C=O) groups excluding carboxylic acids is 1. The SMILES string of the molecule is O=C(NO)[C@H]1CCCS(=O)(=O)N1Cc1ccc(-c2cc3ccccc3s2)cc1. The zero-order valence-corrected chi connectivity index (χ0v) is 16.7. The first-order chi connectivity index (χ1) is 13.5. The third kappa shape index (κ3) is 3.68. The number of hydroxylamine groups is 1. The fraction of sp³-hybridized carbons (Fsp3) is 0.250. The molecule has 1 aliphatic heterocycles. The summed E-state index contributed by atoms with van der Waals surface area (Å²) in [4.78, 5) is 13.1. The fourth-order valence-electron chi connectivity index (χ4n) is 3.54. The molecule has 4 rings (SSSR count). The smallest absolute Gasteiger partial charge is 0.261 e. The van der Waals surface area contributed by atoms with Crippen LogP contribution in [0.3, 0.4) is 0 Å². The predicted octanol–water partition coefficient (Wildman–Crippen LogP) is 3.37. The average molecular weight is 417 g/mol. The third-order valence-corrected chi connectivity index (χ3v) is 8.07. The lowest BCUT2D eigenvalue weighted by Crippen LogP contribution is -2.51. The highest BCUT2D eigenvalue weighted by atomic mass is 32.2. The molecule has 2 aromatic carbocycles. The molecule has 1 aromatic heterocycles. The number of thiophene rings is 1. The van der Waals surface area contributed by atoms with Crippen molar-refractivity contribution >= 4 is 37.4 Å². The molecule has 8 heteroatoms. The first kappa shape index (κ1) is 19.1. The molecule has 1 atom stereocenters. The lowest BCUT2D eigenvalue weighted by molar-refractivity contribution is -0.133. The van der Waals surface area contributed by atoms with Gasteiger partial charge in [0.15, 0.2) is 0 Å². The van der Waals surface area contributed by atoms with Crippen molar-refractivity contribution in [3.05, 3.63) is 60.2 Å². The first-order valence-corrected chi connectivity index (χ1v) is 11.4. The molecule has 0 radical (unpaired) electrons. The van der Waals surface area contributed by atoms with Gasteiger partial charge in [0.2, 0.25) is 10.0 Å². The molecule has 2 heterocycles. The summed E-state index contributed by atoms with van der Waals surface area (Å²) in [6.45, 7) is 0.104. The number of nitrogens with zero attached hydrogens (tertiary/aromatic N) is 1. The van der Waals surface area contributed by atoms with Gasteiger partial charge in [0, 0.05) is 16.1 Å². The summed E-state index contributed by atoms with van der Waals surface area (Å²) >= 11 is 1.71. The van der Waals surface area contributed by atoms with Crippen molar-refractivity contribution in [1.82, 2.24) is 9.79 Å². The number of nitrogens with one attached hydrogen (secondary N) is 1. The zero-order valence-electron chi connectivity index (χ0n) is 15.0. The van der Waals surface area contributed by atoms with E-state index in [1.165, 1.54) is 14.4 Å². The van der Waals surface area contributed by atoms with Crippen LogP contribution in [0.5, 0.6) is 0 Å². The lowest BCUT2D eigenvalue weighted by atomic mass is 10.1. The molecule has 28 heavy (non-hydrogen) atoms. The average Bonchev–Trinajstić information content (AvgIpc) is 3.13. The monoisotopic (exact) mass is 416 g/mol. The molecule has 0 spiro atoms. The van der Waals surface area contributed by atoms with Gasteiger partial charge < -0.3 is 0 Å². The van der Waals surface area contributed by atoms with Gasteiger partial charge in [-0.05, 0) is 41.5 Å². The Hall–Kier alpha value is -2.26. The number of hydrogen-bond acceptors (Lipinski definition) is 5. The quantitative estimate of drug-likeness (QED) is 0.504. The van der Waals surface area contributed by atoms with E-state index in [1.807, 2.05) is 36.4 Å². The number of sulfonamides is 1. The van der Waals surface area contributed by atoms with Crippen molar-refractivity contribution in [1.29, 1.82) is 0 Å². The largest absolute Gasteiger partial charge is 0.289 e. The molecule has 2 N–H and O–H groups in total. The Balaban J connectivity index is 1.58. The van der Waals surface area contributed by atoms with E-state index in [9.17, 15) is 13.2 Å². The highest BCUT2D eigenvalue weighted by Crippen LogP contribution is 2.33. The van der Waals surface area contributed by atoms with Crippen LogP contribution in [-0.4, -0.2) is 35.6 Å². The van der Waals surface area contributed by atoms with E-state index in [0.29, 0.717) is 12.8 Å². The summed E-state index contributed by atoms with van der Waals surface area (Å²) in [5.74, 6) is -0.674. The minimum Gasteiger partial charge on any atom is -0.289 e. The molecule has 0 unspecified atom stereocenters. The molecule has 0 bridgehead atoms. The van der Waals surface area contributed by atoms with Crippen LogP contribution in [0.4, 0.5) is 0 Å². The van der Waals surface area contributed by atoms with E-state index >= 15 is 0 Å². The van der Waals surface area contributed by atoms with Crippen LogP contribution in [0.15, 0.2) is 54.6 Å². The second-order valence-corrected chi connectivity index (χ2v) is 9.97. The van der Waals surface area contributed by atoms with Crippen LogP contribution in [0.2, 0.25) is 0 Å². The van der Waals surface area contributed by atoms with E-state index in [0.717, 1.165) is 16.0 Å². The molecule has 146 valence electrons. The van der Waals surface area contributed by atoms with E-state index in [-0.39, 0.29) is 12.3 Å².